The van der Waals surface area contributed by atoms with E-state index in [-0.39, 0.29) is 0 Å². The van der Waals surface area contributed by atoms with Gasteiger partial charge in [0.1, 0.15) is 11.4 Å². The summed E-state index contributed by atoms with van der Waals surface area (Å²) in [6.45, 7) is 2.10. The predicted molar refractivity (Wildman–Crippen MR) is 114 cm³/mol. The lowest BCUT2D eigenvalue weighted by Crippen LogP contribution is -2.27. The van der Waals surface area contributed by atoms with Crippen LogP contribution in [0.1, 0.15) is 19.3 Å². The normalized spacial score (nSPS) is 17.5. The number of aromatic nitrogens is 2. The maximum Gasteiger partial charge on any atom is 0.198 e. The third-order valence-corrected chi connectivity index (χ3v) is 5.69. The number of rotatable bonds is 5. The summed E-state index contributed by atoms with van der Waals surface area (Å²) in [5.41, 5.74) is 1.78. The third-order valence-electron chi connectivity index (χ3n) is 5.69. The van der Waals surface area contributed by atoms with E-state index in [0.717, 1.165) is 40.7 Å². The van der Waals surface area contributed by atoms with E-state index in [0.29, 0.717) is 17.6 Å². The molecule has 28 heavy (non-hydrogen) atoms. The molecule has 1 aliphatic rings. The number of anilines is 1. The fourth-order valence-corrected chi connectivity index (χ4v) is 4.11. The quantitative estimate of drug-likeness (QED) is 0.538. The van der Waals surface area contributed by atoms with Gasteiger partial charge in [0.25, 0.3) is 0 Å². The van der Waals surface area contributed by atoms with Crippen LogP contribution in [-0.4, -0.2) is 41.0 Å². The molecule has 1 N–H and O–H groups in total. The van der Waals surface area contributed by atoms with E-state index in [1.807, 2.05) is 48.5 Å². The maximum atomic E-state index is 6.00. The second-order valence-corrected chi connectivity index (χ2v) is 7.55. The van der Waals surface area contributed by atoms with Crippen molar-refractivity contribution in [2.75, 3.05) is 25.5 Å². The molecular weight excluding hydrogens is 348 g/mol. The van der Waals surface area contributed by atoms with Gasteiger partial charge in [-0.25, -0.2) is 9.97 Å². The van der Waals surface area contributed by atoms with Crippen LogP contribution in [0.25, 0.3) is 33.5 Å². The van der Waals surface area contributed by atoms with Crippen LogP contribution in [0.2, 0.25) is 0 Å². The standard InChI is InChI=1S/C23H24N4O/c1-27-14-6-8-17(27)12-13-24-22-18-9-3-4-10-19(18)25-23(26-22)21-15-16-7-2-5-11-20(16)28-21/h2-5,7,9-11,15,17H,6,8,12-14H2,1H3,(H,24,25,26). The van der Waals surface area contributed by atoms with Crippen LogP contribution >= 0.6 is 0 Å². The first kappa shape index (κ1) is 17.2. The summed E-state index contributed by atoms with van der Waals surface area (Å²) < 4.78 is 6.00. The Morgan fingerprint density at radius 3 is 2.82 bits per heavy atom. The molecule has 0 amide bonds. The highest BCUT2D eigenvalue weighted by molar-refractivity contribution is 5.91. The highest BCUT2D eigenvalue weighted by Gasteiger charge is 2.20. The van der Waals surface area contributed by atoms with Gasteiger partial charge in [-0.1, -0.05) is 30.3 Å². The zero-order valence-electron chi connectivity index (χ0n) is 16.1. The van der Waals surface area contributed by atoms with Crippen LogP contribution in [0.3, 0.4) is 0 Å². The van der Waals surface area contributed by atoms with E-state index < -0.39 is 0 Å². The summed E-state index contributed by atoms with van der Waals surface area (Å²) in [6, 6.07) is 18.8. The molecule has 1 saturated heterocycles. The summed E-state index contributed by atoms with van der Waals surface area (Å²) in [4.78, 5) is 12.0. The Bertz CT molecular complexity index is 1090. The third kappa shape index (κ3) is 3.22. The molecule has 0 bridgehead atoms. The van der Waals surface area contributed by atoms with Gasteiger partial charge in [-0.2, -0.15) is 0 Å². The monoisotopic (exact) mass is 372 g/mol. The first-order valence-electron chi connectivity index (χ1n) is 9.98. The van der Waals surface area contributed by atoms with Crippen molar-refractivity contribution < 1.29 is 4.42 Å². The molecule has 4 aromatic rings. The number of hydrogen-bond donors (Lipinski definition) is 1. The largest absolute Gasteiger partial charge is 0.453 e. The van der Waals surface area contributed by atoms with Crippen molar-refractivity contribution in [2.24, 2.45) is 0 Å². The van der Waals surface area contributed by atoms with E-state index in [4.69, 9.17) is 14.4 Å². The van der Waals surface area contributed by atoms with E-state index in [1.165, 1.54) is 19.4 Å². The molecule has 1 fully saturated rings. The van der Waals surface area contributed by atoms with E-state index >= 15 is 0 Å². The Hall–Kier alpha value is -2.92. The number of nitrogens with zero attached hydrogens (tertiary/aromatic N) is 3. The number of furan rings is 1. The zero-order valence-corrected chi connectivity index (χ0v) is 16.1. The van der Waals surface area contributed by atoms with Gasteiger partial charge in [-0.3, -0.25) is 0 Å². The average Bonchev–Trinajstić information content (AvgIpc) is 3.34. The fourth-order valence-electron chi connectivity index (χ4n) is 4.11. The number of para-hydroxylation sites is 2. The van der Waals surface area contributed by atoms with Crippen LogP contribution < -0.4 is 5.32 Å². The second-order valence-electron chi connectivity index (χ2n) is 7.55. The molecule has 1 atom stereocenters. The molecule has 5 heteroatoms. The molecule has 0 spiro atoms. The topological polar surface area (TPSA) is 54.2 Å². The lowest BCUT2D eigenvalue weighted by molar-refractivity contribution is 0.301. The minimum Gasteiger partial charge on any atom is -0.453 e. The van der Waals surface area contributed by atoms with Gasteiger partial charge >= 0.3 is 0 Å². The molecule has 0 aliphatic carbocycles. The molecule has 5 nitrogen and oxygen atoms in total. The van der Waals surface area contributed by atoms with Gasteiger partial charge in [-0.15, -0.1) is 0 Å². The Labute approximate surface area is 164 Å². The molecule has 2 aromatic carbocycles. The Morgan fingerprint density at radius 1 is 1.11 bits per heavy atom. The van der Waals surface area contributed by atoms with Crippen LogP contribution in [0.5, 0.6) is 0 Å². The average molecular weight is 372 g/mol. The Kier molecular flexibility index (Phi) is 4.45. The van der Waals surface area contributed by atoms with Gasteiger partial charge < -0.3 is 14.6 Å². The minimum absolute atomic E-state index is 0.621. The van der Waals surface area contributed by atoms with E-state index in [1.54, 1.807) is 0 Å². The number of likely N-dealkylation sites (tertiary alicyclic amines) is 1. The second kappa shape index (κ2) is 7.24. The molecule has 1 unspecified atom stereocenters. The lowest BCUT2D eigenvalue weighted by atomic mass is 10.1. The van der Waals surface area contributed by atoms with Crippen LogP contribution in [-0.2, 0) is 0 Å². The summed E-state index contributed by atoms with van der Waals surface area (Å²) >= 11 is 0. The summed E-state index contributed by atoms with van der Waals surface area (Å²) in [6.07, 6.45) is 3.70. The zero-order chi connectivity index (χ0) is 18.9. The van der Waals surface area contributed by atoms with E-state index in [9.17, 15) is 0 Å². The molecule has 3 heterocycles. The minimum atomic E-state index is 0.621. The van der Waals surface area contributed by atoms with Crippen molar-refractivity contribution in [3.8, 4) is 11.6 Å². The van der Waals surface area contributed by atoms with Crippen LogP contribution in [0.4, 0.5) is 5.82 Å². The first-order valence-corrected chi connectivity index (χ1v) is 9.98. The van der Waals surface area contributed by atoms with Gasteiger partial charge in [0.15, 0.2) is 11.6 Å². The molecule has 0 radical (unpaired) electrons. The van der Waals surface area contributed by atoms with Crippen molar-refractivity contribution in [2.45, 2.75) is 25.3 Å². The number of nitrogens with one attached hydrogen (secondary N) is 1. The highest BCUT2D eigenvalue weighted by Crippen LogP contribution is 2.29. The first-order chi connectivity index (χ1) is 13.8. The molecule has 0 saturated carbocycles. The van der Waals surface area contributed by atoms with Crippen molar-refractivity contribution in [3.63, 3.8) is 0 Å². The van der Waals surface area contributed by atoms with Crippen molar-refractivity contribution in [1.29, 1.82) is 0 Å². The van der Waals surface area contributed by atoms with Crippen LogP contribution in [0.15, 0.2) is 59.0 Å². The summed E-state index contributed by atoms with van der Waals surface area (Å²) in [7, 11) is 2.22. The number of benzene rings is 2. The molecule has 1 aliphatic heterocycles. The van der Waals surface area contributed by atoms with Gasteiger partial charge in [0.2, 0.25) is 0 Å². The van der Waals surface area contributed by atoms with Crippen molar-refractivity contribution >= 4 is 27.7 Å². The van der Waals surface area contributed by atoms with Crippen molar-refractivity contribution in [1.82, 2.24) is 14.9 Å². The Morgan fingerprint density at radius 2 is 1.96 bits per heavy atom. The fraction of sp³-hybridized carbons (Fsp3) is 0.304. The van der Waals surface area contributed by atoms with Gasteiger partial charge in [0.05, 0.1) is 5.52 Å². The smallest absolute Gasteiger partial charge is 0.198 e. The number of hydrogen-bond acceptors (Lipinski definition) is 5. The lowest BCUT2D eigenvalue weighted by Gasteiger charge is -2.19. The Balaban J connectivity index is 1.47. The van der Waals surface area contributed by atoms with E-state index in [2.05, 4.69) is 23.3 Å². The number of fused-ring (bicyclic) bond motifs is 2. The maximum absolute atomic E-state index is 6.00. The predicted octanol–water partition coefficient (Wildman–Crippen LogP) is 4.94. The SMILES string of the molecule is CN1CCCC1CCNc1nc(-c2cc3ccccc3o2)nc2ccccc12. The summed E-state index contributed by atoms with van der Waals surface area (Å²) in [5.74, 6) is 2.20. The van der Waals surface area contributed by atoms with Gasteiger partial charge in [0, 0.05) is 23.4 Å². The summed E-state index contributed by atoms with van der Waals surface area (Å²) in [5, 5.41) is 5.67. The molecular formula is C23H24N4O. The van der Waals surface area contributed by atoms with Gasteiger partial charge in [-0.05, 0) is 57.1 Å². The molecule has 5 rings (SSSR count). The molecule has 142 valence electrons. The van der Waals surface area contributed by atoms with Crippen molar-refractivity contribution in [3.05, 3.63) is 54.6 Å². The highest BCUT2D eigenvalue weighted by atomic mass is 16.3. The van der Waals surface area contributed by atoms with Crippen LogP contribution in [0, 0.1) is 0 Å². The molecule has 2 aromatic heterocycles.